The Balaban J connectivity index is 1.52. The van der Waals surface area contributed by atoms with Crippen molar-refractivity contribution in [1.29, 1.82) is 0 Å². The topological polar surface area (TPSA) is 105 Å². The highest BCUT2D eigenvalue weighted by Crippen LogP contribution is 2.67. The minimum absolute atomic E-state index is 0.00217. The Morgan fingerprint density at radius 3 is 2.12 bits per heavy atom. The van der Waals surface area contributed by atoms with E-state index < -0.39 is 17.4 Å². The first-order valence-corrected chi connectivity index (χ1v) is 15.1. The minimum Gasteiger partial charge on any atom is -0.462 e. The normalized spacial score (nSPS) is 35.3. The highest BCUT2D eigenvalue weighted by molar-refractivity contribution is 5.81. The van der Waals surface area contributed by atoms with Crippen LogP contribution in [0.1, 0.15) is 66.2 Å². The Bertz CT molecular complexity index is 1090. The molecule has 8 heteroatoms. The SMILES string of the molecule is C=CC(=O)OCCOC(=O)C1CC2C=C(C(C)C)C1C1CC3C(C)(CCCC3(C)C(=O)OCCOC(=O)C=C)CC21. The van der Waals surface area contributed by atoms with Crippen molar-refractivity contribution < 1.29 is 38.1 Å². The van der Waals surface area contributed by atoms with E-state index in [2.05, 4.69) is 40.0 Å². The van der Waals surface area contributed by atoms with Gasteiger partial charge >= 0.3 is 23.9 Å². The summed E-state index contributed by atoms with van der Waals surface area (Å²) < 4.78 is 21.3. The average Bonchev–Trinajstić information content (AvgIpc) is 2.95. The van der Waals surface area contributed by atoms with Gasteiger partial charge in [-0.1, -0.05) is 52.0 Å². The fourth-order valence-electron chi connectivity index (χ4n) is 8.74. The zero-order valence-corrected chi connectivity index (χ0v) is 25.0. The molecule has 0 aromatic carbocycles. The number of hydrogen-bond acceptors (Lipinski definition) is 8. The molecule has 5 aliphatic carbocycles. The summed E-state index contributed by atoms with van der Waals surface area (Å²) in [5, 5.41) is 0. The van der Waals surface area contributed by atoms with Gasteiger partial charge in [-0.2, -0.15) is 0 Å². The third kappa shape index (κ3) is 6.17. The second-order valence-corrected chi connectivity index (χ2v) is 13.1. The van der Waals surface area contributed by atoms with Crippen LogP contribution in [0, 0.1) is 52.3 Å². The Hall–Kier alpha value is -2.90. The second-order valence-electron chi connectivity index (χ2n) is 13.1. The van der Waals surface area contributed by atoms with Crippen LogP contribution in [0.5, 0.6) is 0 Å². The molecule has 0 spiro atoms. The maximum atomic E-state index is 13.6. The van der Waals surface area contributed by atoms with E-state index in [-0.39, 0.29) is 67.5 Å². The molecule has 5 aliphatic rings. The van der Waals surface area contributed by atoms with Crippen molar-refractivity contribution >= 4 is 23.9 Å². The van der Waals surface area contributed by atoms with Crippen LogP contribution in [-0.2, 0) is 38.1 Å². The van der Waals surface area contributed by atoms with Gasteiger partial charge in [0, 0.05) is 12.2 Å². The number of rotatable bonds is 11. The molecule has 3 fully saturated rings. The van der Waals surface area contributed by atoms with Gasteiger partial charge in [-0.3, -0.25) is 9.59 Å². The lowest BCUT2D eigenvalue weighted by Gasteiger charge is -2.63. The number of allylic oxidation sites excluding steroid dienone is 2. The number of carbonyl (C=O) groups excluding carboxylic acids is 4. The predicted octanol–water partition coefficient (Wildman–Crippen LogP) is 5.22. The van der Waals surface area contributed by atoms with Crippen LogP contribution in [0.3, 0.4) is 0 Å². The van der Waals surface area contributed by atoms with Gasteiger partial charge in [-0.25, -0.2) is 9.59 Å². The molecule has 0 aromatic rings. The molecule has 2 bridgehead atoms. The molecular weight excluding hydrogens is 524 g/mol. The highest BCUT2D eigenvalue weighted by atomic mass is 16.6. The number of esters is 4. The number of fused-ring (bicyclic) bond motifs is 2. The van der Waals surface area contributed by atoms with Gasteiger partial charge in [0.1, 0.15) is 26.4 Å². The summed E-state index contributed by atoms with van der Waals surface area (Å²) in [6, 6.07) is 0. The van der Waals surface area contributed by atoms with E-state index in [4.69, 9.17) is 18.9 Å². The molecule has 0 aromatic heterocycles. The molecule has 0 saturated heterocycles. The van der Waals surface area contributed by atoms with E-state index in [1.165, 1.54) is 5.57 Å². The van der Waals surface area contributed by atoms with E-state index in [0.29, 0.717) is 17.8 Å². The second kappa shape index (κ2) is 12.5. The van der Waals surface area contributed by atoms with E-state index in [1.807, 2.05) is 6.92 Å². The smallest absolute Gasteiger partial charge is 0.330 e. The Morgan fingerprint density at radius 1 is 0.902 bits per heavy atom. The molecule has 8 nitrogen and oxygen atoms in total. The van der Waals surface area contributed by atoms with Gasteiger partial charge in [-0.05, 0) is 80.0 Å². The first kappa shape index (κ1) is 31.0. The molecule has 3 saturated carbocycles. The van der Waals surface area contributed by atoms with Crippen molar-refractivity contribution in [3.05, 3.63) is 37.0 Å². The van der Waals surface area contributed by atoms with Gasteiger partial charge in [0.2, 0.25) is 0 Å². The lowest BCUT2D eigenvalue weighted by Crippen LogP contribution is -2.58. The fourth-order valence-corrected chi connectivity index (χ4v) is 8.74. The first-order valence-electron chi connectivity index (χ1n) is 15.1. The summed E-state index contributed by atoms with van der Waals surface area (Å²) in [6.07, 6.45) is 10.1. The third-order valence-electron chi connectivity index (χ3n) is 10.5. The zero-order valence-electron chi connectivity index (χ0n) is 25.0. The molecule has 8 atom stereocenters. The molecular formula is C33H46O8. The fraction of sp³-hybridized carbons (Fsp3) is 0.697. The molecule has 41 heavy (non-hydrogen) atoms. The summed E-state index contributed by atoms with van der Waals surface area (Å²) in [7, 11) is 0. The maximum Gasteiger partial charge on any atom is 0.330 e. The summed E-state index contributed by atoms with van der Waals surface area (Å²) >= 11 is 0. The highest BCUT2D eigenvalue weighted by Gasteiger charge is 2.62. The predicted molar refractivity (Wildman–Crippen MR) is 152 cm³/mol. The lowest BCUT2D eigenvalue weighted by molar-refractivity contribution is -0.182. The van der Waals surface area contributed by atoms with Gasteiger partial charge in [-0.15, -0.1) is 0 Å². The van der Waals surface area contributed by atoms with E-state index in [0.717, 1.165) is 50.7 Å². The van der Waals surface area contributed by atoms with Crippen LogP contribution in [0.4, 0.5) is 0 Å². The van der Waals surface area contributed by atoms with Crippen molar-refractivity contribution in [2.75, 3.05) is 26.4 Å². The zero-order chi connectivity index (χ0) is 29.9. The standard InChI is InChI=1S/C33H46O8/c1-7-27(34)38-12-14-40-30(36)24-17-21-16-22(20(3)4)29(24)23-18-26-32(5,19-25(21)23)10-9-11-33(26,6)31(37)41-15-13-39-28(35)8-2/h7-8,16,20-21,23-26,29H,1-2,9-15,17-19H2,3-6H3. The van der Waals surface area contributed by atoms with Crippen LogP contribution >= 0.6 is 0 Å². The summed E-state index contributed by atoms with van der Waals surface area (Å²) in [6.45, 7) is 15.6. The van der Waals surface area contributed by atoms with Crippen LogP contribution in [0.25, 0.3) is 0 Å². The maximum absolute atomic E-state index is 13.6. The van der Waals surface area contributed by atoms with Crippen LogP contribution in [-0.4, -0.2) is 50.3 Å². The Morgan fingerprint density at radius 2 is 1.51 bits per heavy atom. The number of ether oxygens (including phenoxy) is 4. The van der Waals surface area contributed by atoms with Gasteiger partial charge in [0.25, 0.3) is 0 Å². The number of carbonyl (C=O) groups is 4. The molecule has 0 aliphatic heterocycles. The van der Waals surface area contributed by atoms with Crippen LogP contribution in [0.15, 0.2) is 37.0 Å². The van der Waals surface area contributed by atoms with Gasteiger partial charge in [0.05, 0.1) is 11.3 Å². The van der Waals surface area contributed by atoms with Crippen molar-refractivity contribution in [2.24, 2.45) is 52.3 Å². The monoisotopic (exact) mass is 570 g/mol. The van der Waals surface area contributed by atoms with Gasteiger partial charge in [0.15, 0.2) is 0 Å². The molecule has 0 N–H and O–H groups in total. The van der Waals surface area contributed by atoms with Crippen LogP contribution in [0.2, 0.25) is 0 Å². The average molecular weight is 571 g/mol. The lowest BCUT2D eigenvalue weighted by atomic mass is 9.41. The van der Waals surface area contributed by atoms with E-state index in [9.17, 15) is 19.2 Å². The van der Waals surface area contributed by atoms with Crippen molar-refractivity contribution in [3.8, 4) is 0 Å². The first-order chi connectivity index (χ1) is 19.4. The van der Waals surface area contributed by atoms with E-state index >= 15 is 0 Å². The molecule has 0 radical (unpaired) electrons. The molecule has 8 unspecified atom stereocenters. The van der Waals surface area contributed by atoms with Crippen molar-refractivity contribution in [3.63, 3.8) is 0 Å². The molecule has 226 valence electrons. The third-order valence-corrected chi connectivity index (χ3v) is 10.5. The number of hydrogen-bond donors (Lipinski definition) is 0. The Labute approximate surface area is 243 Å². The van der Waals surface area contributed by atoms with Crippen molar-refractivity contribution in [2.45, 2.75) is 66.2 Å². The quantitative estimate of drug-likeness (QED) is 0.110. The Kier molecular flexibility index (Phi) is 9.49. The van der Waals surface area contributed by atoms with Crippen LogP contribution < -0.4 is 0 Å². The minimum atomic E-state index is -0.649. The largest absolute Gasteiger partial charge is 0.462 e. The summed E-state index contributed by atoms with van der Waals surface area (Å²) in [5.74, 6) is -0.232. The van der Waals surface area contributed by atoms with Gasteiger partial charge < -0.3 is 18.9 Å². The summed E-state index contributed by atoms with van der Waals surface area (Å²) in [4.78, 5) is 49.7. The molecule has 0 heterocycles. The summed E-state index contributed by atoms with van der Waals surface area (Å²) in [5.41, 5.74) is 0.691. The van der Waals surface area contributed by atoms with Crippen molar-refractivity contribution in [1.82, 2.24) is 0 Å². The molecule has 0 amide bonds. The molecule has 5 rings (SSSR count). The van der Waals surface area contributed by atoms with E-state index in [1.54, 1.807) is 0 Å².